The minimum Gasteiger partial charge on any atom is -0.332 e. The molecular weight excluding hydrogens is 446 g/mol. The van der Waals surface area contributed by atoms with Gasteiger partial charge in [0.25, 0.3) is 5.56 Å². The molecule has 0 atom stereocenters. The minimum atomic E-state index is -3.46. The standard InChI is InChI=1S/C22H25N5O3S2/c1-16-20(21(28)27(25(16)2)18-8-4-3-5-9-18)24-22(31)23-17-10-12-19(13-11-17)32(29,30)26-14-6-7-15-26/h3-5,8-13H,6-7,14-15H2,1-2H3,(H2,23,24,31). The number of anilines is 2. The minimum absolute atomic E-state index is 0.215. The van der Waals surface area contributed by atoms with Crippen LogP contribution in [0.5, 0.6) is 0 Å². The summed E-state index contributed by atoms with van der Waals surface area (Å²) in [7, 11) is -1.65. The van der Waals surface area contributed by atoms with Gasteiger partial charge in [-0.3, -0.25) is 9.48 Å². The predicted molar refractivity (Wildman–Crippen MR) is 130 cm³/mol. The summed E-state index contributed by atoms with van der Waals surface area (Å²) in [4.78, 5) is 13.3. The molecular formula is C22H25N5O3S2. The Bertz CT molecular complexity index is 1290. The van der Waals surface area contributed by atoms with Crippen molar-refractivity contribution in [3.05, 3.63) is 70.6 Å². The molecule has 0 saturated carbocycles. The van der Waals surface area contributed by atoms with E-state index >= 15 is 0 Å². The highest BCUT2D eigenvalue weighted by Gasteiger charge is 2.27. The zero-order valence-corrected chi connectivity index (χ0v) is 19.5. The maximum absolute atomic E-state index is 13.0. The molecule has 4 rings (SSSR count). The Balaban J connectivity index is 1.49. The molecule has 2 heterocycles. The summed E-state index contributed by atoms with van der Waals surface area (Å²) in [6.45, 7) is 2.96. The predicted octanol–water partition coefficient (Wildman–Crippen LogP) is 3.08. The molecule has 0 amide bonds. The van der Waals surface area contributed by atoms with Crippen molar-refractivity contribution in [3.63, 3.8) is 0 Å². The third-order valence-corrected chi connectivity index (χ3v) is 7.72. The molecule has 1 aliphatic heterocycles. The van der Waals surface area contributed by atoms with Crippen molar-refractivity contribution in [1.29, 1.82) is 0 Å². The Hall–Kier alpha value is -2.95. The molecule has 2 aromatic carbocycles. The third-order valence-electron chi connectivity index (χ3n) is 5.61. The van der Waals surface area contributed by atoms with E-state index in [1.807, 2.05) is 44.3 Å². The van der Waals surface area contributed by atoms with Gasteiger partial charge in [0.2, 0.25) is 10.0 Å². The van der Waals surface area contributed by atoms with Gasteiger partial charge in [0, 0.05) is 25.8 Å². The normalized spacial score (nSPS) is 14.4. The first-order chi connectivity index (χ1) is 15.3. The molecule has 1 fully saturated rings. The maximum atomic E-state index is 13.0. The van der Waals surface area contributed by atoms with E-state index in [4.69, 9.17) is 12.2 Å². The van der Waals surface area contributed by atoms with Crippen LogP contribution in [-0.2, 0) is 17.1 Å². The van der Waals surface area contributed by atoms with E-state index in [9.17, 15) is 13.2 Å². The zero-order chi connectivity index (χ0) is 22.9. The van der Waals surface area contributed by atoms with Crippen molar-refractivity contribution >= 4 is 38.7 Å². The van der Waals surface area contributed by atoms with Gasteiger partial charge in [-0.1, -0.05) is 18.2 Å². The van der Waals surface area contributed by atoms with Gasteiger partial charge in [0.15, 0.2) is 5.11 Å². The number of sulfonamides is 1. The Morgan fingerprint density at radius 3 is 2.22 bits per heavy atom. The number of benzene rings is 2. The molecule has 8 nitrogen and oxygen atoms in total. The van der Waals surface area contributed by atoms with E-state index in [2.05, 4.69) is 10.6 Å². The summed E-state index contributed by atoms with van der Waals surface area (Å²) in [5, 5.41) is 6.25. The maximum Gasteiger partial charge on any atom is 0.295 e. The highest BCUT2D eigenvalue weighted by atomic mass is 32.2. The number of aromatic nitrogens is 2. The van der Waals surface area contributed by atoms with Gasteiger partial charge in [-0.05, 0) is 68.4 Å². The Morgan fingerprint density at radius 2 is 1.59 bits per heavy atom. The van der Waals surface area contributed by atoms with Crippen LogP contribution in [0.3, 0.4) is 0 Å². The smallest absolute Gasteiger partial charge is 0.295 e. The van der Waals surface area contributed by atoms with Crippen molar-refractivity contribution < 1.29 is 8.42 Å². The summed E-state index contributed by atoms with van der Waals surface area (Å²) >= 11 is 5.39. The van der Waals surface area contributed by atoms with Crippen molar-refractivity contribution in [3.8, 4) is 5.69 Å². The third kappa shape index (κ3) is 4.21. The lowest BCUT2D eigenvalue weighted by molar-refractivity contribution is 0.477. The molecule has 2 N–H and O–H groups in total. The van der Waals surface area contributed by atoms with Crippen LogP contribution in [0.15, 0.2) is 64.3 Å². The lowest BCUT2D eigenvalue weighted by Crippen LogP contribution is -2.28. The number of rotatable bonds is 5. The van der Waals surface area contributed by atoms with Crippen LogP contribution in [0.1, 0.15) is 18.5 Å². The van der Waals surface area contributed by atoms with E-state index in [1.165, 1.54) is 4.31 Å². The molecule has 0 unspecified atom stereocenters. The second-order valence-electron chi connectivity index (χ2n) is 7.65. The van der Waals surface area contributed by atoms with Crippen molar-refractivity contribution in [2.75, 3.05) is 23.7 Å². The van der Waals surface area contributed by atoms with Gasteiger partial charge in [-0.2, -0.15) is 4.31 Å². The van der Waals surface area contributed by atoms with Crippen LogP contribution in [0, 0.1) is 6.92 Å². The summed E-state index contributed by atoms with van der Waals surface area (Å²) in [6.07, 6.45) is 1.79. The van der Waals surface area contributed by atoms with Crippen LogP contribution in [0.2, 0.25) is 0 Å². The number of hydrogen-bond donors (Lipinski definition) is 2. The van der Waals surface area contributed by atoms with Crippen molar-refractivity contribution in [1.82, 2.24) is 13.7 Å². The Morgan fingerprint density at radius 1 is 0.969 bits per heavy atom. The molecule has 168 valence electrons. The number of nitrogens with one attached hydrogen (secondary N) is 2. The molecule has 1 saturated heterocycles. The fourth-order valence-electron chi connectivity index (χ4n) is 3.78. The molecule has 1 aliphatic rings. The first kappa shape index (κ1) is 22.3. The number of hydrogen-bond acceptors (Lipinski definition) is 4. The summed E-state index contributed by atoms with van der Waals surface area (Å²) in [5.74, 6) is 0. The SMILES string of the molecule is Cc1c(NC(=S)Nc2ccc(S(=O)(=O)N3CCCC3)cc2)c(=O)n(-c2ccccc2)n1C. The number of nitrogens with zero attached hydrogens (tertiary/aromatic N) is 3. The highest BCUT2D eigenvalue weighted by Crippen LogP contribution is 2.22. The van der Waals surface area contributed by atoms with Gasteiger partial charge in [0.1, 0.15) is 5.69 Å². The van der Waals surface area contributed by atoms with Gasteiger partial charge in [-0.25, -0.2) is 13.1 Å². The van der Waals surface area contributed by atoms with Gasteiger partial charge >= 0.3 is 0 Å². The summed E-state index contributed by atoms with van der Waals surface area (Å²) in [5.41, 5.74) is 2.27. The van der Waals surface area contributed by atoms with Gasteiger partial charge in [0.05, 0.1) is 16.3 Å². The lowest BCUT2D eigenvalue weighted by atomic mass is 10.3. The Labute approximate surface area is 192 Å². The average Bonchev–Trinajstić information content (AvgIpc) is 3.40. The van der Waals surface area contributed by atoms with Crippen LogP contribution in [0.4, 0.5) is 11.4 Å². The van der Waals surface area contributed by atoms with E-state index in [1.54, 1.807) is 33.6 Å². The quantitative estimate of drug-likeness (QED) is 0.556. The number of para-hydroxylation sites is 1. The molecule has 0 spiro atoms. The van der Waals surface area contributed by atoms with Crippen molar-refractivity contribution in [2.24, 2.45) is 7.05 Å². The molecule has 0 aliphatic carbocycles. The molecule has 3 aromatic rings. The first-order valence-electron chi connectivity index (χ1n) is 10.3. The first-order valence-corrected chi connectivity index (χ1v) is 12.2. The van der Waals surface area contributed by atoms with Crippen molar-refractivity contribution in [2.45, 2.75) is 24.7 Å². The van der Waals surface area contributed by atoms with E-state index in [-0.39, 0.29) is 15.6 Å². The lowest BCUT2D eigenvalue weighted by Gasteiger charge is -2.16. The second-order valence-corrected chi connectivity index (χ2v) is 10.00. The molecule has 32 heavy (non-hydrogen) atoms. The van der Waals surface area contributed by atoms with Crippen LogP contribution < -0.4 is 16.2 Å². The van der Waals surface area contributed by atoms with Crippen LogP contribution >= 0.6 is 12.2 Å². The molecule has 0 radical (unpaired) electrons. The second kappa shape index (κ2) is 8.89. The van der Waals surface area contributed by atoms with Crippen LogP contribution in [-0.4, -0.2) is 40.3 Å². The van der Waals surface area contributed by atoms with Gasteiger partial charge in [-0.15, -0.1) is 0 Å². The van der Waals surface area contributed by atoms with Crippen LogP contribution in [0.25, 0.3) is 5.69 Å². The Kier molecular flexibility index (Phi) is 6.18. The molecule has 0 bridgehead atoms. The van der Waals surface area contributed by atoms with E-state index in [0.29, 0.717) is 24.5 Å². The fourth-order valence-corrected chi connectivity index (χ4v) is 5.51. The largest absolute Gasteiger partial charge is 0.332 e. The van der Waals surface area contributed by atoms with E-state index in [0.717, 1.165) is 24.2 Å². The van der Waals surface area contributed by atoms with Gasteiger partial charge < -0.3 is 10.6 Å². The van der Waals surface area contributed by atoms with E-state index < -0.39 is 10.0 Å². The highest BCUT2D eigenvalue weighted by molar-refractivity contribution is 7.89. The monoisotopic (exact) mass is 471 g/mol. The number of thiocarbonyl (C=S) groups is 1. The molecule has 1 aromatic heterocycles. The summed E-state index contributed by atoms with van der Waals surface area (Å²) in [6, 6.07) is 15.8. The fraction of sp³-hybridized carbons (Fsp3) is 0.273. The zero-order valence-electron chi connectivity index (χ0n) is 17.9. The summed E-state index contributed by atoms with van der Waals surface area (Å²) < 4.78 is 30.2. The average molecular weight is 472 g/mol. The topological polar surface area (TPSA) is 88.4 Å². The molecule has 10 heteroatoms.